The van der Waals surface area contributed by atoms with Gasteiger partial charge in [-0.05, 0) is 66.6 Å². The Morgan fingerprint density at radius 2 is 1.69 bits per heavy atom. The number of aromatic nitrogens is 3. The highest BCUT2D eigenvalue weighted by atomic mass is 35.5. The molecule has 0 aliphatic rings. The number of rotatable bonds is 9. The molecule has 0 aliphatic heterocycles. The van der Waals surface area contributed by atoms with Crippen molar-refractivity contribution in [2.45, 2.75) is 23.9 Å². The lowest BCUT2D eigenvalue weighted by Gasteiger charge is -2.17. The highest BCUT2D eigenvalue weighted by Crippen LogP contribution is 2.42. The van der Waals surface area contributed by atoms with Crippen molar-refractivity contribution in [2.24, 2.45) is 0 Å². The minimum atomic E-state index is -0.671. The Morgan fingerprint density at radius 1 is 1.06 bits per heavy atom. The number of nitro groups is 1. The third-order valence-corrected chi connectivity index (χ3v) is 7.13. The van der Waals surface area contributed by atoms with Crippen LogP contribution in [0.1, 0.15) is 22.2 Å². The number of halogens is 4. The molecule has 0 saturated carbocycles. The van der Waals surface area contributed by atoms with Crippen LogP contribution in [-0.4, -0.2) is 26.2 Å². The van der Waals surface area contributed by atoms with Gasteiger partial charge in [-0.25, -0.2) is 4.39 Å². The van der Waals surface area contributed by atoms with Gasteiger partial charge in [-0.2, -0.15) is 0 Å². The Hall–Kier alpha value is -2.85. The summed E-state index contributed by atoms with van der Waals surface area (Å²) in [5.74, 6) is 0.493. The van der Waals surface area contributed by atoms with Gasteiger partial charge in [0.1, 0.15) is 23.5 Å². The third kappa shape index (κ3) is 6.28. The van der Waals surface area contributed by atoms with E-state index in [9.17, 15) is 14.5 Å². The van der Waals surface area contributed by atoms with Crippen LogP contribution in [0.2, 0.25) is 15.1 Å². The van der Waals surface area contributed by atoms with Crippen molar-refractivity contribution in [2.75, 3.05) is 6.54 Å². The second-order valence-corrected chi connectivity index (χ2v) is 10.1. The molecule has 186 valence electrons. The van der Waals surface area contributed by atoms with Gasteiger partial charge in [0.05, 0.1) is 10.0 Å². The van der Waals surface area contributed by atoms with Crippen molar-refractivity contribution in [3.05, 3.63) is 109 Å². The average Bonchev–Trinajstić information content (AvgIpc) is 3.19. The maximum Gasteiger partial charge on any atom is 0.220 e. The topological polar surface area (TPSA) is 83.1 Å². The van der Waals surface area contributed by atoms with Crippen LogP contribution in [0.5, 0.6) is 5.75 Å². The third-order valence-electron chi connectivity index (χ3n) is 5.13. The average molecular weight is 568 g/mol. The number of hydrogen-bond donors (Lipinski definition) is 0. The zero-order valence-corrected chi connectivity index (χ0v) is 21.8. The largest absolute Gasteiger partial charge is 0.486 e. The molecule has 1 aromatic heterocycles. The van der Waals surface area contributed by atoms with Crippen LogP contribution in [-0.2, 0) is 6.61 Å². The van der Waals surface area contributed by atoms with E-state index in [2.05, 4.69) is 10.2 Å². The predicted octanol–water partition coefficient (Wildman–Crippen LogP) is 7.36. The maximum absolute atomic E-state index is 13.1. The van der Waals surface area contributed by atoms with Gasteiger partial charge >= 0.3 is 0 Å². The first-order chi connectivity index (χ1) is 17.2. The first kappa shape index (κ1) is 26.2. The molecule has 0 fully saturated rings. The Bertz CT molecular complexity index is 1360. The SMILES string of the molecule is Cc1nnc(S[C@@H](C[N+](=O)[O-])c2cc(Cl)c(OCc3ccc(F)cc3)c(Cl)c2)n1-c1ccc(Cl)cc1. The van der Waals surface area contributed by atoms with E-state index in [0.29, 0.717) is 21.6 Å². The van der Waals surface area contributed by atoms with E-state index in [-0.39, 0.29) is 28.2 Å². The molecule has 4 rings (SSSR count). The van der Waals surface area contributed by atoms with Gasteiger partial charge in [-0.3, -0.25) is 14.7 Å². The van der Waals surface area contributed by atoms with E-state index in [1.54, 1.807) is 47.9 Å². The fourth-order valence-corrected chi connectivity index (χ4v) is 5.31. The van der Waals surface area contributed by atoms with Crippen molar-refractivity contribution >= 4 is 46.6 Å². The number of hydrogen-bond acceptors (Lipinski definition) is 6. The molecule has 12 heteroatoms. The van der Waals surface area contributed by atoms with Gasteiger partial charge in [0, 0.05) is 15.6 Å². The zero-order valence-electron chi connectivity index (χ0n) is 18.7. The molecule has 0 spiro atoms. The summed E-state index contributed by atoms with van der Waals surface area (Å²) in [5.41, 5.74) is 2.03. The van der Waals surface area contributed by atoms with Crippen LogP contribution in [0.15, 0.2) is 65.8 Å². The Kier molecular flexibility index (Phi) is 8.35. The summed E-state index contributed by atoms with van der Waals surface area (Å²) in [6, 6.07) is 16.1. The number of nitrogens with zero attached hydrogens (tertiary/aromatic N) is 4. The van der Waals surface area contributed by atoms with E-state index < -0.39 is 16.7 Å². The maximum atomic E-state index is 13.1. The number of thioether (sulfide) groups is 1. The van der Waals surface area contributed by atoms with Gasteiger partial charge in [0.25, 0.3) is 0 Å². The molecular formula is C24H18Cl3FN4O3S. The molecule has 0 aliphatic carbocycles. The Morgan fingerprint density at radius 3 is 2.31 bits per heavy atom. The highest BCUT2D eigenvalue weighted by Gasteiger charge is 2.26. The monoisotopic (exact) mass is 566 g/mol. The van der Waals surface area contributed by atoms with Crippen molar-refractivity contribution < 1.29 is 14.1 Å². The molecule has 0 amide bonds. The van der Waals surface area contributed by atoms with E-state index in [1.807, 2.05) is 12.1 Å². The lowest BCUT2D eigenvalue weighted by molar-refractivity contribution is -0.479. The summed E-state index contributed by atoms with van der Waals surface area (Å²) < 4.78 is 20.7. The molecule has 0 saturated heterocycles. The van der Waals surface area contributed by atoms with Gasteiger partial charge < -0.3 is 4.74 Å². The fourth-order valence-electron chi connectivity index (χ4n) is 3.42. The van der Waals surface area contributed by atoms with E-state index in [0.717, 1.165) is 11.3 Å². The molecule has 1 atom stereocenters. The minimum absolute atomic E-state index is 0.121. The van der Waals surface area contributed by atoms with Crippen LogP contribution in [0.3, 0.4) is 0 Å². The van der Waals surface area contributed by atoms with Crippen molar-refractivity contribution in [3.8, 4) is 11.4 Å². The molecule has 36 heavy (non-hydrogen) atoms. The first-order valence-corrected chi connectivity index (χ1v) is 12.5. The van der Waals surface area contributed by atoms with E-state index >= 15 is 0 Å². The highest BCUT2D eigenvalue weighted by molar-refractivity contribution is 7.99. The molecule has 0 N–H and O–H groups in total. The Balaban J connectivity index is 1.61. The fraction of sp³-hybridized carbons (Fsp3) is 0.167. The second-order valence-electron chi connectivity index (χ2n) is 7.69. The minimum Gasteiger partial charge on any atom is -0.486 e. The van der Waals surface area contributed by atoms with Gasteiger partial charge in [-0.15, -0.1) is 10.2 Å². The van der Waals surface area contributed by atoms with Crippen LogP contribution >= 0.6 is 46.6 Å². The van der Waals surface area contributed by atoms with Crippen molar-refractivity contribution in [1.82, 2.24) is 14.8 Å². The normalized spacial score (nSPS) is 11.9. The van der Waals surface area contributed by atoms with Crippen LogP contribution in [0, 0.1) is 22.9 Å². The molecule has 4 aromatic rings. The first-order valence-electron chi connectivity index (χ1n) is 10.5. The molecule has 0 unspecified atom stereocenters. The molecule has 1 heterocycles. The smallest absolute Gasteiger partial charge is 0.220 e. The van der Waals surface area contributed by atoms with Crippen LogP contribution in [0.4, 0.5) is 4.39 Å². The summed E-state index contributed by atoms with van der Waals surface area (Å²) >= 11 is 20.1. The number of aryl methyl sites for hydroxylation is 1. The standard InChI is InChI=1S/C24H18Cl3FN4O3S/c1-14-29-30-24(32(14)19-8-4-17(25)5-9-19)36-22(12-31(33)34)16-10-20(26)23(21(27)11-16)35-13-15-2-6-18(28)7-3-15/h2-11,22H,12-13H2,1H3/t22-/m0/s1. The van der Waals surface area contributed by atoms with Gasteiger partial charge in [0.2, 0.25) is 6.54 Å². The molecule has 0 bridgehead atoms. The van der Waals surface area contributed by atoms with Crippen molar-refractivity contribution in [3.63, 3.8) is 0 Å². The molecule has 3 aromatic carbocycles. The quantitative estimate of drug-likeness (QED) is 0.119. The summed E-state index contributed by atoms with van der Waals surface area (Å²) in [6.45, 7) is 1.50. The van der Waals surface area contributed by atoms with Gasteiger partial charge in [0.15, 0.2) is 10.9 Å². The summed E-state index contributed by atoms with van der Waals surface area (Å²) in [5, 5.41) is 20.6. The molecular weight excluding hydrogens is 550 g/mol. The Labute approximate surface area is 225 Å². The summed E-state index contributed by atoms with van der Waals surface area (Å²) in [6.07, 6.45) is 0. The number of ether oxygens (including phenoxy) is 1. The number of benzene rings is 3. The van der Waals surface area contributed by atoms with E-state index in [1.165, 1.54) is 23.9 Å². The van der Waals surface area contributed by atoms with Crippen LogP contribution < -0.4 is 4.74 Å². The second kappa shape index (κ2) is 11.5. The van der Waals surface area contributed by atoms with E-state index in [4.69, 9.17) is 39.5 Å². The molecule has 7 nitrogen and oxygen atoms in total. The van der Waals surface area contributed by atoms with Crippen LogP contribution in [0.25, 0.3) is 5.69 Å². The zero-order chi connectivity index (χ0) is 25.8. The van der Waals surface area contributed by atoms with Crippen molar-refractivity contribution in [1.29, 1.82) is 0 Å². The predicted molar refractivity (Wildman–Crippen MR) is 139 cm³/mol. The lowest BCUT2D eigenvalue weighted by atomic mass is 10.1. The lowest BCUT2D eigenvalue weighted by Crippen LogP contribution is -2.11. The summed E-state index contributed by atoms with van der Waals surface area (Å²) in [7, 11) is 0. The summed E-state index contributed by atoms with van der Waals surface area (Å²) in [4.78, 5) is 11.1. The molecule has 0 radical (unpaired) electrons. The van der Waals surface area contributed by atoms with Gasteiger partial charge in [-0.1, -0.05) is 58.7 Å².